The number of nitrogens with two attached hydrogens (primary N) is 1. The maximum atomic E-state index is 12.4. The van der Waals surface area contributed by atoms with Gasteiger partial charge in [0.15, 0.2) is 0 Å². The van der Waals surface area contributed by atoms with Gasteiger partial charge in [0.2, 0.25) is 0 Å². The van der Waals surface area contributed by atoms with Crippen molar-refractivity contribution in [3.63, 3.8) is 0 Å². The van der Waals surface area contributed by atoms with Gasteiger partial charge in [-0.1, -0.05) is 19.1 Å². The van der Waals surface area contributed by atoms with E-state index in [9.17, 15) is 4.79 Å². The SMILES string of the molecule is CCc1nnc(C)cc1C(=O)NC(C)c1cccc(N)c1. The number of benzene rings is 1. The van der Waals surface area contributed by atoms with Crippen molar-refractivity contribution in [2.75, 3.05) is 5.73 Å². The Morgan fingerprint density at radius 3 is 2.76 bits per heavy atom. The Hall–Kier alpha value is -2.43. The van der Waals surface area contributed by atoms with Crippen molar-refractivity contribution in [3.8, 4) is 0 Å². The lowest BCUT2D eigenvalue weighted by molar-refractivity contribution is 0.0938. The summed E-state index contributed by atoms with van der Waals surface area (Å²) in [6.07, 6.45) is 0.669. The summed E-state index contributed by atoms with van der Waals surface area (Å²) in [5.74, 6) is -0.139. The third-order valence-corrected chi connectivity index (χ3v) is 3.33. The fourth-order valence-corrected chi connectivity index (χ4v) is 2.16. The molecule has 1 aromatic carbocycles. The molecule has 1 atom stereocenters. The Labute approximate surface area is 124 Å². The number of nitrogen functional groups attached to an aromatic ring is 1. The molecule has 0 bridgehead atoms. The van der Waals surface area contributed by atoms with E-state index in [1.165, 1.54) is 0 Å². The predicted molar refractivity (Wildman–Crippen MR) is 82.9 cm³/mol. The van der Waals surface area contributed by atoms with Crippen LogP contribution in [0.15, 0.2) is 30.3 Å². The quantitative estimate of drug-likeness (QED) is 0.845. The molecule has 0 spiro atoms. The monoisotopic (exact) mass is 284 g/mol. The number of anilines is 1. The summed E-state index contributed by atoms with van der Waals surface area (Å²) in [4.78, 5) is 12.4. The lowest BCUT2D eigenvalue weighted by Crippen LogP contribution is -2.28. The van der Waals surface area contributed by atoms with Crippen LogP contribution in [0.4, 0.5) is 5.69 Å². The summed E-state index contributed by atoms with van der Waals surface area (Å²) in [5.41, 5.74) is 9.45. The fraction of sp³-hybridized carbons (Fsp3) is 0.312. The number of aryl methyl sites for hydroxylation is 2. The van der Waals surface area contributed by atoms with E-state index in [1.807, 2.05) is 45.0 Å². The maximum absolute atomic E-state index is 12.4. The van der Waals surface area contributed by atoms with E-state index in [-0.39, 0.29) is 11.9 Å². The van der Waals surface area contributed by atoms with E-state index in [0.717, 1.165) is 11.3 Å². The molecule has 2 rings (SSSR count). The molecule has 5 heteroatoms. The van der Waals surface area contributed by atoms with Crippen molar-refractivity contribution in [3.05, 3.63) is 52.8 Å². The van der Waals surface area contributed by atoms with E-state index in [4.69, 9.17) is 5.73 Å². The van der Waals surface area contributed by atoms with Gasteiger partial charge < -0.3 is 11.1 Å². The Kier molecular flexibility index (Phi) is 4.52. The van der Waals surface area contributed by atoms with Crippen LogP contribution >= 0.6 is 0 Å². The van der Waals surface area contributed by atoms with Gasteiger partial charge in [-0.25, -0.2) is 0 Å². The molecule has 0 aliphatic rings. The summed E-state index contributed by atoms with van der Waals surface area (Å²) >= 11 is 0. The van der Waals surface area contributed by atoms with Crippen LogP contribution in [0.3, 0.4) is 0 Å². The highest BCUT2D eigenvalue weighted by Gasteiger charge is 2.16. The minimum Gasteiger partial charge on any atom is -0.399 e. The number of carbonyl (C=O) groups excluding carboxylic acids is 1. The van der Waals surface area contributed by atoms with E-state index in [0.29, 0.717) is 23.4 Å². The van der Waals surface area contributed by atoms with E-state index >= 15 is 0 Å². The maximum Gasteiger partial charge on any atom is 0.253 e. The van der Waals surface area contributed by atoms with Gasteiger partial charge in [-0.15, -0.1) is 0 Å². The van der Waals surface area contributed by atoms with Crippen LogP contribution in [0.5, 0.6) is 0 Å². The second-order valence-corrected chi connectivity index (χ2v) is 5.06. The Morgan fingerprint density at radius 2 is 2.10 bits per heavy atom. The van der Waals surface area contributed by atoms with Gasteiger partial charge in [-0.3, -0.25) is 4.79 Å². The third-order valence-electron chi connectivity index (χ3n) is 3.33. The van der Waals surface area contributed by atoms with Crippen molar-refractivity contribution in [2.45, 2.75) is 33.2 Å². The molecule has 1 heterocycles. The second kappa shape index (κ2) is 6.35. The minimum absolute atomic E-state index is 0.126. The average Bonchev–Trinajstić information content (AvgIpc) is 2.47. The molecule has 1 aromatic heterocycles. The highest BCUT2D eigenvalue weighted by Crippen LogP contribution is 2.16. The smallest absolute Gasteiger partial charge is 0.253 e. The summed E-state index contributed by atoms with van der Waals surface area (Å²) in [6, 6.07) is 9.15. The molecule has 5 nitrogen and oxygen atoms in total. The molecular weight excluding hydrogens is 264 g/mol. The molecule has 0 radical (unpaired) electrons. The van der Waals surface area contributed by atoms with Crippen LogP contribution < -0.4 is 11.1 Å². The zero-order chi connectivity index (χ0) is 15.4. The highest BCUT2D eigenvalue weighted by atomic mass is 16.1. The van der Waals surface area contributed by atoms with E-state index < -0.39 is 0 Å². The van der Waals surface area contributed by atoms with Gasteiger partial charge in [0.1, 0.15) is 0 Å². The van der Waals surface area contributed by atoms with E-state index in [1.54, 1.807) is 6.07 Å². The number of hydrogen-bond donors (Lipinski definition) is 2. The summed E-state index contributed by atoms with van der Waals surface area (Å²) in [5, 5.41) is 11.1. The summed E-state index contributed by atoms with van der Waals surface area (Å²) in [6.45, 7) is 5.71. The molecule has 0 aliphatic heterocycles. The summed E-state index contributed by atoms with van der Waals surface area (Å²) in [7, 11) is 0. The van der Waals surface area contributed by atoms with Crippen LogP contribution in [-0.4, -0.2) is 16.1 Å². The molecular formula is C16H20N4O. The van der Waals surface area contributed by atoms with Crippen molar-refractivity contribution in [1.82, 2.24) is 15.5 Å². The topological polar surface area (TPSA) is 80.9 Å². The molecule has 0 saturated carbocycles. The van der Waals surface area contributed by atoms with Crippen LogP contribution in [0, 0.1) is 6.92 Å². The molecule has 1 unspecified atom stereocenters. The van der Waals surface area contributed by atoms with Crippen LogP contribution in [0.25, 0.3) is 0 Å². The molecule has 21 heavy (non-hydrogen) atoms. The molecule has 110 valence electrons. The molecule has 0 aliphatic carbocycles. The Balaban J connectivity index is 2.20. The number of rotatable bonds is 4. The lowest BCUT2D eigenvalue weighted by Gasteiger charge is -2.16. The first-order valence-corrected chi connectivity index (χ1v) is 7.00. The highest BCUT2D eigenvalue weighted by molar-refractivity contribution is 5.95. The zero-order valence-corrected chi connectivity index (χ0v) is 12.6. The molecule has 3 N–H and O–H groups in total. The fourth-order valence-electron chi connectivity index (χ4n) is 2.16. The molecule has 0 saturated heterocycles. The number of nitrogens with one attached hydrogen (secondary N) is 1. The van der Waals surface area contributed by atoms with Gasteiger partial charge in [0.25, 0.3) is 5.91 Å². The standard InChI is InChI=1S/C16H20N4O/c1-4-15-14(8-10(2)19-20-15)16(21)18-11(3)12-6-5-7-13(17)9-12/h5-9,11H,4,17H2,1-3H3,(H,18,21). The Bertz CT molecular complexity index is 654. The number of amides is 1. The van der Waals surface area contributed by atoms with Gasteiger partial charge in [0.05, 0.1) is 23.0 Å². The van der Waals surface area contributed by atoms with Gasteiger partial charge >= 0.3 is 0 Å². The first-order valence-electron chi connectivity index (χ1n) is 7.00. The second-order valence-electron chi connectivity index (χ2n) is 5.06. The van der Waals surface area contributed by atoms with Crippen molar-refractivity contribution >= 4 is 11.6 Å². The van der Waals surface area contributed by atoms with E-state index in [2.05, 4.69) is 15.5 Å². The number of carbonyl (C=O) groups is 1. The van der Waals surface area contributed by atoms with Crippen LogP contribution in [-0.2, 0) is 6.42 Å². The number of aromatic nitrogens is 2. The third kappa shape index (κ3) is 3.56. The number of nitrogens with zero attached hydrogens (tertiary/aromatic N) is 2. The van der Waals surface area contributed by atoms with Crippen molar-refractivity contribution in [1.29, 1.82) is 0 Å². The van der Waals surface area contributed by atoms with Crippen LogP contribution in [0.2, 0.25) is 0 Å². The van der Waals surface area contributed by atoms with Crippen molar-refractivity contribution < 1.29 is 4.79 Å². The molecule has 1 amide bonds. The van der Waals surface area contributed by atoms with Crippen LogP contribution in [0.1, 0.15) is 47.2 Å². The summed E-state index contributed by atoms with van der Waals surface area (Å²) < 4.78 is 0. The molecule has 0 fully saturated rings. The largest absolute Gasteiger partial charge is 0.399 e. The van der Waals surface area contributed by atoms with Gasteiger partial charge in [-0.05, 0) is 44.0 Å². The number of hydrogen-bond acceptors (Lipinski definition) is 4. The minimum atomic E-state index is -0.139. The average molecular weight is 284 g/mol. The van der Waals surface area contributed by atoms with Gasteiger partial charge in [-0.2, -0.15) is 10.2 Å². The first-order chi connectivity index (χ1) is 10.0. The van der Waals surface area contributed by atoms with Gasteiger partial charge in [0, 0.05) is 5.69 Å². The zero-order valence-electron chi connectivity index (χ0n) is 12.6. The normalized spacial score (nSPS) is 12.0. The predicted octanol–water partition coefficient (Wildman–Crippen LogP) is 2.42. The molecule has 2 aromatic rings. The first kappa shape index (κ1) is 15.0. The van der Waals surface area contributed by atoms with Crippen molar-refractivity contribution in [2.24, 2.45) is 0 Å². The Morgan fingerprint density at radius 1 is 1.33 bits per heavy atom. The lowest BCUT2D eigenvalue weighted by atomic mass is 10.1.